The Hall–Kier alpha value is -1.47. The van der Waals surface area contributed by atoms with Crippen LogP contribution in [0.1, 0.15) is 36.3 Å². The van der Waals surface area contributed by atoms with Crippen LogP contribution < -0.4 is 16.4 Å². The van der Waals surface area contributed by atoms with Gasteiger partial charge in [-0.05, 0) is 19.4 Å². The van der Waals surface area contributed by atoms with Gasteiger partial charge in [-0.3, -0.25) is 9.59 Å². The number of rotatable bonds is 7. The summed E-state index contributed by atoms with van der Waals surface area (Å²) in [6, 6.07) is -0.582. The average molecular weight is 298 g/mol. The molecule has 6 nitrogen and oxygen atoms in total. The van der Waals surface area contributed by atoms with E-state index in [1.807, 2.05) is 13.8 Å². The summed E-state index contributed by atoms with van der Waals surface area (Å²) in [6.07, 6.45) is 0.655. The second kappa shape index (κ2) is 7.96. The molecule has 1 aromatic heterocycles. The van der Waals surface area contributed by atoms with Crippen LogP contribution in [0.2, 0.25) is 0 Å². The van der Waals surface area contributed by atoms with E-state index in [1.54, 1.807) is 12.3 Å². The number of nitrogens with two attached hydrogens (primary N) is 1. The molecule has 112 valence electrons. The molecule has 0 saturated carbocycles. The van der Waals surface area contributed by atoms with E-state index in [0.29, 0.717) is 31.1 Å². The van der Waals surface area contributed by atoms with Crippen LogP contribution in [0.15, 0.2) is 5.38 Å². The number of nitrogens with one attached hydrogen (secondary N) is 2. The van der Waals surface area contributed by atoms with E-state index in [-0.39, 0.29) is 11.8 Å². The van der Waals surface area contributed by atoms with Crippen LogP contribution in [0.4, 0.5) is 0 Å². The fourth-order valence-corrected chi connectivity index (χ4v) is 2.24. The molecular weight excluding hydrogens is 276 g/mol. The van der Waals surface area contributed by atoms with Gasteiger partial charge in [0, 0.05) is 18.3 Å². The minimum absolute atomic E-state index is 0.190. The third-order valence-corrected chi connectivity index (χ3v) is 3.48. The lowest BCUT2D eigenvalue weighted by Crippen LogP contribution is -2.45. The zero-order valence-electron chi connectivity index (χ0n) is 12.1. The zero-order chi connectivity index (χ0) is 15.1. The van der Waals surface area contributed by atoms with E-state index in [2.05, 4.69) is 15.6 Å². The van der Waals surface area contributed by atoms with Gasteiger partial charge in [-0.25, -0.2) is 4.98 Å². The fraction of sp³-hybridized carbons (Fsp3) is 0.615. The number of thiazole rings is 1. The summed E-state index contributed by atoms with van der Waals surface area (Å²) >= 11 is 1.40. The lowest BCUT2D eigenvalue weighted by Gasteiger charge is -2.14. The average Bonchev–Trinajstić information content (AvgIpc) is 2.84. The van der Waals surface area contributed by atoms with Crippen LogP contribution in [0.25, 0.3) is 0 Å². The van der Waals surface area contributed by atoms with E-state index in [4.69, 9.17) is 5.73 Å². The zero-order valence-corrected chi connectivity index (χ0v) is 12.9. The fourth-order valence-electron chi connectivity index (χ4n) is 1.45. The highest BCUT2D eigenvalue weighted by molar-refractivity contribution is 7.09. The maximum atomic E-state index is 11.9. The Morgan fingerprint density at radius 1 is 1.40 bits per heavy atom. The maximum absolute atomic E-state index is 11.9. The molecule has 0 aliphatic rings. The molecule has 2 amide bonds. The SMILES string of the molecule is CC(C)CNC(=O)C(C)NC(=O)c1csc(CCN)n1. The maximum Gasteiger partial charge on any atom is 0.271 e. The molecule has 0 aliphatic heterocycles. The normalized spacial score (nSPS) is 12.2. The van der Waals surface area contributed by atoms with Gasteiger partial charge < -0.3 is 16.4 Å². The van der Waals surface area contributed by atoms with Crippen molar-refractivity contribution in [1.29, 1.82) is 0 Å². The summed E-state index contributed by atoms with van der Waals surface area (Å²) in [4.78, 5) is 27.9. The summed E-state index contributed by atoms with van der Waals surface area (Å²) in [5.41, 5.74) is 5.77. The third-order valence-electron chi connectivity index (χ3n) is 2.57. The van der Waals surface area contributed by atoms with Crippen LogP contribution >= 0.6 is 11.3 Å². The van der Waals surface area contributed by atoms with E-state index in [0.717, 1.165) is 5.01 Å². The summed E-state index contributed by atoms with van der Waals surface area (Å²) in [5.74, 6) is -0.152. The van der Waals surface area contributed by atoms with Gasteiger partial charge in [0.15, 0.2) is 0 Å². The molecule has 0 saturated heterocycles. The number of amides is 2. The Labute approximate surface area is 123 Å². The molecule has 0 fully saturated rings. The highest BCUT2D eigenvalue weighted by Crippen LogP contribution is 2.10. The van der Waals surface area contributed by atoms with E-state index >= 15 is 0 Å². The number of nitrogens with zero attached hydrogens (tertiary/aromatic N) is 1. The lowest BCUT2D eigenvalue weighted by atomic mass is 10.2. The first-order valence-electron chi connectivity index (χ1n) is 6.67. The van der Waals surface area contributed by atoms with Crippen molar-refractivity contribution in [3.8, 4) is 0 Å². The van der Waals surface area contributed by atoms with E-state index < -0.39 is 6.04 Å². The number of aromatic nitrogens is 1. The molecule has 1 heterocycles. The Morgan fingerprint density at radius 3 is 2.70 bits per heavy atom. The Bertz CT molecular complexity index is 459. The van der Waals surface area contributed by atoms with Gasteiger partial charge in [0.2, 0.25) is 5.91 Å². The molecule has 0 radical (unpaired) electrons. The standard InChI is InChI=1S/C13H22N4O2S/c1-8(2)6-15-12(18)9(3)16-13(19)10-7-20-11(17-10)4-5-14/h7-9H,4-6,14H2,1-3H3,(H,15,18)(H,16,19). The second-order valence-electron chi connectivity index (χ2n) is 5.00. The third kappa shape index (κ3) is 5.26. The van der Waals surface area contributed by atoms with Crippen molar-refractivity contribution in [2.24, 2.45) is 11.7 Å². The van der Waals surface area contributed by atoms with Gasteiger partial charge in [0.25, 0.3) is 5.91 Å². The van der Waals surface area contributed by atoms with Gasteiger partial charge in [-0.15, -0.1) is 11.3 Å². The Balaban J connectivity index is 2.49. The highest BCUT2D eigenvalue weighted by atomic mass is 32.1. The first kappa shape index (κ1) is 16.6. The molecule has 0 spiro atoms. The topological polar surface area (TPSA) is 97.1 Å². The monoisotopic (exact) mass is 298 g/mol. The lowest BCUT2D eigenvalue weighted by molar-refractivity contribution is -0.122. The number of carbonyl (C=O) groups excluding carboxylic acids is 2. The van der Waals surface area contributed by atoms with Gasteiger partial charge in [0.1, 0.15) is 11.7 Å². The van der Waals surface area contributed by atoms with Crippen LogP contribution in [0.3, 0.4) is 0 Å². The van der Waals surface area contributed by atoms with Crippen molar-refractivity contribution in [2.75, 3.05) is 13.1 Å². The van der Waals surface area contributed by atoms with Gasteiger partial charge in [-0.1, -0.05) is 13.8 Å². The van der Waals surface area contributed by atoms with Crippen molar-refractivity contribution < 1.29 is 9.59 Å². The quantitative estimate of drug-likeness (QED) is 0.684. The summed E-state index contributed by atoms with van der Waals surface area (Å²) in [6.45, 7) is 6.77. The molecule has 1 rings (SSSR count). The van der Waals surface area contributed by atoms with Crippen molar-refractivity contribution in [3.05, 3.63) is 16.1 Å². The molecule has 1 unspecified atom stereocenters. The summed E-state index contributed by atoms with van der Waals surface area (Å²) < 4.78 is 0. The molecule has 0 aromatic carbocycles. The molecule has 4 N–H and O–H groups in total. The van der Waals surface area contributed by atoms with E-state index in [9.17, 15) is 9.59 Å². The number of carbonyl (C=O) groups is 2. The minimum Gasteiger partial charge on any atom is -0.354 e. The van der Waals surface area contributed by atoms with Crippen molar-refractivity contribution in [1.82, 2.24) is 15.6 Å². The predicted molar refractivity (Wildman–Crippen MR) is 79.6 cm³/mol. The molecule has 0 bridgehead atoms. The van der Waals surface area contributed by atoms with Crippen molar-refractivity contribution in [2.45, 2.75) is 33.2 Å². The minimum atomic E-state index is -0.582. The van der Waals surface area contributed by atoms with E-state index in [1.165, 1.54) is 11.3 Å². The molecule has 20 heavy (non-hydrogen) atoms. The Morgan fingerprint density at radius 2 is 2.10 bits per heavy atom. The smallest absolute Gasteiger partial charge is 0.271 e. The Kier molecular flexibility index (Phi) is 6.60. The molecule has 0 aliphatic carbocycles. The highest BCUT2D eigenvalue weighted by Gasteiger charge is 2.18. The molecule has 1 atom stereocenters. The summed E-state index contributed by atoms with van der Waals surface area (Å²) in [7, 11) is 0. The van der Waals surface area contributed by atoms with Gasteiger partial charge in [-0.2, -0.15) is 0 Å². The first-order chi connectivity index (χ1) is 9.43. The number of hydrogen-bond acceptors (Lipinski definition) is 5. The largest absolute Gasteiger partial charge is 0.354 e. The molecule has 7 heteroatoms. The summed E-state index contributed by atoms with van der Waals surface area (Å²) in [5, 5.41) is 7.92. The van der Waals surface area contributed by atoms with Crippen LogP contribution in [-0.4, -0.2) is 35.9 Å². The number of hydrogen-bond donors (Lipinski definition) is 3. The first-order valence-corrected chi connectivity index (χ1v) is 7.55. The predicted octanol–water partition coefficient (Wildman–Crippen LogP) is 0.535. The second-order valence-corrected chi connectivity index (χ2v) is 5.94. The molecule has 1 aromatic rings. The van der Waals surface area contributed by atoms with Crippen molar-refractivity contribution in [3.63, 3.8) is 0 Å². The van der Waals surface area contributed by atoms with Crippen LogP contribution in [0.5, 0.6) is 0 Å². The molecular formula is C13H22N4O2S. The van der Waals surface area contributed by atoms with Crippen molar-refractivity contribution >= 4 is 23.2 Å². The van der Waals surface area contributed by atoms with Crippen LogP contribution in [-0.2, 0) is 11.2 Å². The van der Waals surface area contributed by atoms with Gasteiger partial charge >= 0.3 is 0 Å². The van der Waals surface area contributed by atoms with Gasteiger partial charge in [0.05, 0.1) is 5.01 Å². The van der Waals surface area contributed by atoms with Crippen LogP contribution in [0, 0.1) is 5.92 Å².